The molecule has 4 spiro atoms. The van der Waals surface area contributed by atoms with Crippen LogP contribution in [0.15, 0.2) is 170 Å². The summed E-state index contributed by atoms with van der Waals surface area (Å²) in [6.07, 6.45) is 0. The minimum atomic E-state index is -0.200. The van der Waals surface area contributed by atoms with Crippen molar-refractivity contribution in [1.29, 1.82) is 0 Å². The predicted octanol–water partition coefficient (Wildman–Crippen LogP) is 36.0. The minimum Gasteiger partial charge on any atom is -0.372 e. The standard InChI is InChI=1S/C45H52N2.C44H50N2.12C2H6.4CH4/c1-10-46(11-2)32-21-23-40-36(25-32)42-43(44(40)30(8)28(6)34-17-13-15-19-38(34)44)37-26-33(47(12-3)27(4)5)22-24-41(37)45(42)31(9)29(7)35-18-14-16-20-39(35)45;1-9-45(10-2)31-21-23-35-39(25-31)43(29(7)27(5)33-17-13-15-19-37(33)43)42-36-24-22-32(46(11-3)12-4)26-40(36)44(41(35)42)30(8)28(6)34-18-14-16-20-38(34)44;12*1-2;;;;/h13-31H,10-12H2,1-9H3;13-30H,9-12H2,1-8H3;12*1-2H3;4*1H4/t28-,29-,30+,31+,44?,45?;27-,28-,29+,30+,43?,44?;;;;;;;;;;;;;;;;/m11................/s1. The highest BCUT2D eigenvalue weighted by Crippen LogP contribution is 2.78. The van der Waals surface area contributed by atoms with E-state index in [-0.39, 0.29) is 51.4 Å². The Morgan fingerprint density at radius 3 is 0.678 bits per heavy atom. The summed E-state index contributed by atoms with van der Waals surface area (Å²) in [5.41, 5.74) is 35.3. The number of nitrogens with zero attached hydrogens (tertiary/aromatic N) is 4. The van der Waals surface area contributed by atoms with E-state index in [2.05, 4.69) is 307 Å². The molecule has 121 heavy (non-hydrogen) atoms. The van der Waals surface area contributed by atoms with E-state index in [0.717, 1.165) is 45.8 Å². The molecule has 12 atom stereocenters. The van der Waals surface area contributed by atoms with Gasteiger partial charge in [0.2, 0.25) is 0 Å². The van der Waals surface area contributed by atoms with Crippen LogP contribution in [0.2, 0.25) is 0 Å². The van der Waals surface area contributed by atoms with E-state index in [9.17, 15) is 0 Å². The van der Waals surface area contributed by atoms with Gasteiger partial charge in [-0.2, -0.15) is 0 Å². The summed E-state index contributed by atoms with van der Waals surface area (Å²) >= 11 is 0. The van der Waals surface area contributed by atoms with Gasteiger partial charge < -0.3 is 19.6 Å². The molecule has 0 aliphatic heterocycles. The number of fused-ring (bicyclic) bond motifs is 24. The third kappa shape index (κ3) is 18.2. The maximum absolute atomic E-state index is 2.61. The van der Waals surface area contributed by atoms with E-state index in [0.29, 0.717) is 53.4 Å². The first kappa shape index (κ1) is 115. The largest absolute Gasteiger partial charge is 0.372 e. The Morgan fingerprint density at radius 1 is 0.231 bits per heavy atom. The third-order valence-corrected chi connectivity index (χ3v) is 26.8. The second kappa shape index (κ2) is 52.9. The van der Waals surface area contributed by atoms with Crippen molar-refractivity contribution in [3.63, 3.8) is 0 Å². The van der Waals surface area contributed by atoms with Crippen molar-refractivity contribution in [1.82, 2.24) is 0 Å². The molecule has 0 aromatic heterocycles. The highest BCUT2D eigenvalue weighted by atomic mass is 15.1. The predicted molar refractivity (Wildman–Crippen MR) is 561 cm³/mol. The van der Waals surface area contributed by atoms with Crippen LogP contribution in [0.5, 0.6) is 0 Å². The van der Waals surface area contributed by atoms with Crippen molar-refractivity contribution in [2.24, 2.45) is 23.7 Å². The van der Waals surface area contributed by atoms with Gasteiger partial charge in [0.25, 0.3) is 0 Å². The zero-order valence-electron chi connectivity index (χ0n) is 83.1. The molecule has 0 heterocycles. The maximum Gasteiger partial charge on any atom is 0.0501 e. The first-order valence-corrected chi connectivity index (χ1v) is 48.5. The Morgan fingerprint density at radius 2 is 0.438 bits per heavy atom. The van der Waals surface area contributed by atoms with Gasteiger partial charge in [-0.05, 0) is 269 Å². The lowest BCUT2D eigenvalue weighted by molar-refractivity contribution is 0.418. The van der Waals surface area contributed by atoms with Crippen LogP contribution in [0, 0.1) is 23.7 Å². The van der Waals surface area contributed by atoms with Crippen LogP contribution >= 0.6 is 0 Å². The molecule has 8 aromatic rings. The molecule has 8 aromatic carbocycles. The van der Waals surface area contributed by atoms with E-state index in [1.807, 2.05) is 166 Å². The Labute approximate surface area is 753 Å². The molecule has 8 aliphatic carbocycles. The molecule has 4 unspecified atom stereocenters. The molecule has 0 radical (unpaired) electrons. The van der Waals surface area contributed by atoms with Crippen molar-refractivity contribution >= 4 is 45.0 Å². The van der Waals surface area contributed by atoms with Gasteiger partial charge in [-0.3, -0.25) is 0 Å². The van der Waals surface area contributed by atoms with Crippen molar-refractivity contribution in [3.05, 3.63) is 259 Å². The lowest BCUT2D eigenvalue weighted by Gasteiger charge is -2.39. The van der Waals surface area contributed by atoms with Crippen molar-refractivity contribution in [2.75, 3.05) is 65.4 Å². The molecular formula is C117H190N4. The van der Waals surface area contributed by atoms with E-state index < -0.39 is 0 Å². The normalized spacial score (nSPS) is 22.0. The first-order valence-electron chi connectivity index (χ1n) is 48.5. The summed E-state index contributed by atoms with van der Waals surface area (Å²) < 4.78 is 0. The van der Waals surface area contributed by atoms with E-state index in [1.165, 1.54) is 112 Å². The number of anilines is 4. The fourth-order valence-electron chi connectivity index (χ4n) is 22.0. The quantitative estimate of drug-likeness (QED) is 0.121. The molecule has 0 saturated heterocycles. The summed E-state index contributed by atoms with van der Waals surface area (Å²) in [4.78, 5) is 10.2. The van der Waals surface area contributed by atoms with Gasteiger partial charge in [-0.25, -0.2) is 0 Å². The van der Waals surface area contributed by atoms with E-state index in [4.69, 9.17) is 0 Å². The minimum absolute atomic E-state index is 0. The Kier molecular flexibility index (Phi) is 50.5. The van der Waals surface area contributed by atoms with Gasteiger partial charge >= 0.3 is 0 Å². The highest BCUT2D eigenvalue weighted by Gasteiger charge is 2.68. The van der Waals surface area contributed by atoms with Gasteiger partial charge in [-0.15, -0.1) is 0 Å². The lowest BCUT2D eigenvalue weighted by atomic mass is 9.63. The molecule has 8 aliphatic rings. The molecule has 0 bridgehead atoms. The molecule has 4 nitrogen and oxygen atoms in total. The van der Waals surface area contributed by atoms with Crippen molar-refractivity contribution in [3.8, 4) is 0 Å². The van der Waals surface area contributed by atoms with E-state index in [1.54, 1.807) is 22.3 Å². The van der Waals surface area contributed by atoms with Gasteiger partial charge in [0.05, 0.1) is 21.7 Å². The molecule has 4 heteroatoms. The van der Waals surface area contributed by atoms with Gasteiger partial charge in [0.15, 0.2) is 0 Å². The van der Waals surface area contributed by atoms with Crippen LogP contribution in [0.3, 0.4) is 0 Å². The topological polar surface area (TPSA) is 13.0 Å². The lowest BCUT2D eigenvalue weighted by Crippen LogP contribution is -2.34. The summed E-state index contributed by atoms with van der Waals surface area (Å²) in [7, 11) is 0. The summed E-state index contributed by atoms with van der Waals surface area (Å²) in [5.74, 6) is 3.57. The number of allylic oxidation sites excluding steroid dienone is 4. The first-order chi connectivity index (χ1) is 57.0. The average molecular weight is 1650 g/mol. The van der Waals surface area contributed by atoms with Crippen LogP contribution in [-0.2, 0) is 21.7 Å². The molecule has 0 N–H and O–H groups in total. The fourth-order valence-corrected chi connectivity index (χ4v) is 22.0. The Hall–Kier alpha value is -7.56. The monoisotopic (exact) mass is 1650 g/mol. The van der Waals surface area contributed by atoms with Crippen LogP contribution in [0.4, 0.5) is 22.7 Å². The average Bonchev–Trinajstić information content (AvgIpc) is 1.47. The van der Waals surface area contributed by atoms with Crippen LogP contribution < -0.4 is 19.6 Å². The summed E-state index contributed by atoms with van der Waals surface area (Å²) in [6, 6.07) is 68.6. The van der Waals surface area contributed by atoms with Crippen LogP contribution in [0.1, 0.15) is 426 Å². The molecule has 0 fully saturated rings. The second-order valence-corrected chi connectivity index (χ2v) is 29.7. The molecule has 678 valence electrons. The Balaban J connectivity index is 0. The maximum atomic E-state index is 2.61. The van der Waals surface area contributed by atoms with Crippen molar-refractivity contribution < 1.29 is 0 Å². The molecule has 16 rings (SSSR count). The van der Waals surface area contributed by atoms with Crippen LogP contribution in [-0.4, -0.2) is 51.9 Å². The molecule has 0 amide bonds. The molecular weight excluding hydrogens is 1460 g/mol. The number of benzene rings is 8. The van der Waals surface area contributed by atoms with Gasteiger partial charge in [0.1, 0.15) is 0 Å². The highest BCUT2D eigenvalue weighted by molar-refractivity contribution is 6.16. The number of hydrogen-bond acceptors (Lipinski definition) is 4. The summed E-state index contributed by atoms with van der Waals surface area (Å²) in [5, 5.41) is 0. The number of rotatable bonds is 12. The van der Waals surface area contributed by atoms with Gasteiger partial charge in [0, 0.05) is 74.6 Å². The smallest absolute Gasteiger partial charge is 0.0501 e. The zero-order valence-corrected chi connectivity index (χ0v) is 83.1. The fraction of sp³-hybridized carbons (Fsp3) is 0.556. The van der Waals surface area contributed by atoms with E-state index >= 15 is 0 Å². The SMILES string of the molecule is C.C.C.C.CC.CC.CC.CC.CC.CC.CC.CC.CC.CC.CC.CC.CCN(CC)c1ccc2c(c1)C1(C3=C2C2(c4cc(N(CC)CC)ccc43)c3ccccc3[C@H](C)[C@@H]2C)c2ccccc2[C@H](C)[C@@H]1C.CCN(CC)c1ccc2c(c1)C1=C(c3cc(N(CC)C(C)C)ccc3C13c1ccccc1[C@H](C)[C@@H]3C)C21c2ccccc2[C@H](C)[C@@H]1C. The zero-order chi connectivity index (χ0) is 89.1. The second-order valence-electron chi connectivity index (χ2n) is 29.7. The summed E-state index contributed by atoms with van der Waals surface area (Å²) in [6.45, 7) is 95.9. The Bertz CT molecular complexity index is 4240. The van der Waals surface area contributed by atoms with Crippen molar-refractivity contribution in [2.45, 2.75) is 365 Å². The number of hydrogen-bond donors (Lipinski definition) is 0. The molecule has 0 saturated carbocycles. The van der Waals surface area contributed by atoms with Gasteiger partial charge in [-0.1, -0.05) is 373 Å². The third-order valence-electron chi connectivity index (χ3n) is 26.8. The van der Waals surface area contributed by atoms with Crippen LogP contribution in [0.25, 0.3) is 22.3 Å².